The normalized spacial score (nSPS) is 22.7. The summed E-state index contributed by atoms with van der Waals surface area (Å²) < 4.78 is 31.5. The Balaban J connectivity index is 0.798. The number of nitrogens with zero attached hydrogens (tertiary/aromatic N) is 9. The van der Waals surface area contributed by atoms with Crippen LogP contribution in [0.25, 0.3) is 5.65 Å². The fraction of sp³-hybridized carbons (Fsp3) is 0.462. The minimum Gasteiger partial charge on any atom is -0.368 e. The van der Waals surface area contributed by atoms with Crippen LogP contribution in [0.15, 0.2) is 42.9 Å². The Hall–Kier alpha value is -6.31. The molecule has 1 unspecified atom stereocenters. The molecule has 20 heteroatoms. The van der Waals surface area contributed by atoms with Crippen molar-refractivity contribution in [3.8, 4) is 0 Å². The average molecular weight is 813 g/mol. The zero-order valence-electron chi connectivity index (χ0n) is 32.0. The molecule has 5 aliphatic rings. The van der Waals surface area contributed by atoms with Crippen molar-refractivity contribution in [3.63, 3.8) is 0 Å². The number of rotatable bonds is 8. The lowest BCUT2D eigenvalue weighted by Crippen LogP contribution is -2.54. The van der Waals surface area contributed by atoms with Crippen molar-refractivity contribution in [2.75, 3.05) is 67.5 Å². The van der Waals surface area contributed by atoms with Crippen LogP contribution >= 0.6 is 0 Å². The second kappa shape index (κ2) is 15.5. The van der Waals surface area contributed by atoms with E-state index < -0.39 is 47.7 Å². The lowest BCUT2D eigenvalue weighted by atomic mass is 9.85. The van der Waals surface area contributed by atoms with Crippen LogP contribution < -0.4 is 25.8 Å². The van der Waals surface area contributed by atoms with E-state index in [9.17, 15) is 37.5 Å². The van der Waals surface area contributed by atoms with E-state index in [2.05, 4.69) is 36.0 Å². The number of carbonyl (C=O) groups excluding carboxylic acids is 6. The van der Waals surface area contributed by atoms with Crippen LogP contribution in [0.2, 0.25) is 0 Å². The zero-order valence-corrected chi connectivity index (χ0v) is 32.0. The standard InChI is InChI=1S/C39H42F2N12O6/c40-33(41)32-28(44-35(55)27-20-43-51-12-9-30(45-34(27)51)49-13-10-42-11-14-49)21-52(47-32)23-3-1-22(2-4-23)37(57)50-17-15-48(16-18-50)24-5-6-25-26(19-24)39(59)53(38(25)58)29-7-8-31(54)46-36(29)56/h5-6,9,12,19-23,29,33,42H,1-4,7-8,10-11,13-18H2,(H,44,55)(H,46,54,56). The highest BCUT2D eigenvalue weighted by Gasteiger charge is 2.45. The molecule has 4 aliphatic heterocycles. The van der Waals surface area contributed by atoms with Crippen molar-refractivity contribution in [1.29, 1.82) is 0 Å². The second-order valence-corrected chi connectivity index (χ2v) is 15.5. The van der Waals surface area contributed by atoms with Gasteiger partial charge in [0.25, 0.3) is 24.1 Å². The molecule has 1 saturated carbocycles. The van der Waals surface area contributed by atoms with E-state index in [-0.39, 0.29) is 53.1 Å². The van der Waals surface area contributed by atoms with E-state index in [1.165, 1.54) is 21.6 Å². The lowest BCUT2D eigenvalue weighted by molar-refractivity contribution is -0.137. The van der Waals surface area contributed by atoms with Gasteiger partial charge in [0, 0.05) is 82.8 Å². The maximum Gasteiger partial charge on any atom is 0.284 e. The smallest absolute Gasteiger partial charge is 0.284 e. The first kappa shape index (κ1) is 38.2. The molecule has 4 aromatic rings. The largest absolute Gasteiger partial charge is 0.368 e. The van der Waals surface area contributed by atoms with Crippen molar-refractivity contribution >= 4 is 58.3 Å². The van der Waals surface area contributed by atoms with Crippen molar-refractivity contribution in [2.45, 2.75) is 57.0 Å². The molecule has 1 aromatic carbocycles. The minimum atomic E-state index is -2.93. The fourth-order valence-electron chi connectivity index (χ4n) is 8.82. The molecule has 0 bridgehead atoms. The lowest BCUT2D eigenvalue weighted by Gasteiger charge is -2.39. The zero-order chi connectivity index (χ0) is 40.9. The number of halogens is 2. The third-order valence-corrected chi connectivity index (χ3v) is 12.1. The molecule has 59 heavy (non-hydrogen) atoms. The van der Waals surface area contributed by atoms with Crippen LogP contribution in [0.3, 0.4) is 0 Å². The summed E-state index contributed by atoms with van der Waals surface area (Å²) in [6.45, 7) is 5.03. The first-order valence-corrected chi connectivity index (χ1v) is 19.9. The highest BCUT2D eigenvalue weighted by molar-refractivity contribution is 6.23. The topological polar surface area (TPSA) is 199 Å². The predicted octanol–water partition coefficient (Wildman–Crippen LogP) is 2.01. The molecule has 3 N–H and O–H groups in total. The van der Waals surface area contributed by atoms with E-state index in [0.29, 0.717) is 63.3 Å². The van der Waals surface area contributed by atoms with Gasteiger partial charge in [-0.25, -0.2) is 18.3 Å². The van der Waals surface area contributed by atoms with Gasteiger partial charge in [-0.05, 0) is 56.4 Å². The number of hydrogen-bond acceptors (Lipinski definition) is 12. The Bertz CT molecular complexity index is 2360. The quantitative estimate of drug-likeness (QED) is 0.219. The number of imide groups is 2. The second-order valence-electron chi connectivity index (χ2n) is 15.5. The molecule has 3 saturated heterocycles. The highest BCUT2D eigenvalue weighted by atomic mass is 19.3. The van der Waals surface area contributed by atoms with Gasteiger partial charge in [0.2, 0.25) is 17.7 Å². The van der Waals surface area contributed by atoms with Crippen LogP contribution in [0.1, 0.15) is 87.8 Å². The van der Waals surface area contributed by atoms with E-state index in [1.807, 2.05) is 15.9 Å². The maximum atomic E-state index is 14.2. The SMILES string of the molecule is O=C1CCC(N2C(=O)c3ccc(N4CCN(C(=O)C5CCC(n6cc(NC(=O)c7cnn8ccc(N9CCNCC9)nc78)c(C(F)F)n6)CC5)CC4)cc3C2=O)C(=O)N1. The van der Waals surface area contributed by atoms with Crippen LogP contribution in [0, 0.1) is 5.92 Å². The summed E-state index contributed by atoms with van der Waals surface area (Å²) in [5, 5.41) is 16.5. The molecule has 7 heterocycles. The molecular formula is C39H42F2N12O6. The molecule has 3 aromatic heterocycles. The summed E-state index contributed by atoms with van der Waals surface area (Å²) in [5.74, 6) is -2.39. The van der Waals surface area contributed by atoms with E-state index >= 15 is 0 Å². The summed E-state index contributed by atoms with van der Waals surface area (Å²) in [5.41, 5.74) is 0.949. The van der Waals surface area contributed by atoms with Gasteiger partial charge in [-0.15, -0.1) is 0 Å². The summed E-state index contributed by atoms with van der Waals surface area (Å²) in [6.07, 6.45) is 3.87. The molecular weight excluding hydrogens is 771 g/mol. The third kappa shape index (κ3) is 7.14. The van der Waals surface area contributed by atoms with Crippen LogP contribution in [0.5, 0.6) is 0 Å². The van der Waals surface area contributed by atoms with Crippen molar-refractivity contribution in [3.05, 3.63) is 65.2 Å². The van der Waals surface area contributed by atoms with Crippen LogP contribution in [0.4, 0.5) is 26.0 Å². The van der Waals surface area contributed by atoms with Gasteiger partial charge in [-0.3, -0.25) is 43.7 Å². The predicted molar refractivity (Wildman–Crippen MR) is 206 cm³/mol. The van der Waals surface area contributed by atoms with E-state index in [0.717, 1.165) is 36.8 Å². The van der Waals surface area contributed by atoms with Gasteiger partial charge in [-0.2, -0.15) is 10.2 Å². The molecule has 308 valence electrons. The van der Waals surface area contributed by atoms with Gasteiger partial charge in [0.1, 0.15) is 17.4 Å². The molecule has 0 radical (unpaired) electrons. The third-order valence-electron chi connectivity index (χ3n) is 12.1. The van der Waals surface area contributed by atoms with Gasteiger partial charge in [0.05, 0.1) is 29.1 Å². The number of anilines is 3. The number of alkyl halides is 2. The number of piperazine rings is 2. The van der Waals surface area contributed by atoms with Crippen molar-refractivity contribution < 1.29 is 37.5 Å². The number of amides is 6. The monoisotopic (exact) mass is 812 g/mol. The molecule has 6 amide bonds. The summed E-state index contributed by atoms with van der Waals surface area (Å²) >= 11 is 0. The molecule has 9 rings (SSSR count). The molecule has 1 aliphatic carbocycles. The Labute approximate surface area is 335 Å². The number of benzene rings is 1. The Morgan fingerprint density at radius 2 is 1.61 bits per heavy atom. The number of piperidine rings is 1. The molecule has 4 fully saturated rings. The fourth-order valence-corrected chi connectivity index (χ4v) is 8.82. The van der Waals surface area contributed by atoms with Crippen LogP contribution in [-0.2, 0) is 14.4 Å². The summed E-state index contributed by atoms with van der Waals surface area (Å²) in [7, 11) is 0. The van der Waals surface area contributed by atoms with Crippen molar-refractivity contribution in [2.24, 2.45) is 5.92 Å². The number of hydrogen-bond donors (Lipinski definition) is 3. The average Bonchev–Trinajstić information content (AvgIpc) is 3.95. The number of nitrogens with one attached hydrogen (secondary N) is 3. The first-order valence-electron chi connectivity index (χ1n) is 19.9. The van der Waals surface area contributed by atoms with Crippen LogP contribution in [-0.4, -0.2) is 128 Å². The molecule has 0 spiro atoms. The number of aromatic nitrogens is 5. The van der Waals surface area contributed by atoms with Gasteiger partial charge in [0.15, 0.2) is 11.3 Å². The summed E-state index contributed by atoms with van der Waals surface area (Å²) in [4.78, 5) is 89.2. The first-order chi connectivity index (χ1) is 28.5. The Morgan fingerprint density at radius 1 is 0.864 bits per heavy atom. The Morgan fingerprint density at radius 3 is 2.34 bits per heavy atom. The Kier molecular flexibility index (Phi) is 10.0. The number of fused-ring (bicyclic) bond motifs is 2. The maximum absolute atomic E-state index is 14.2. The van der Waals surface area contributed by atoms with E-state index in [1.54, 1.807) is 24.4 Å². The molecule has 18 nitrogen and oxygen atoms in total. The van der Waals surface area contributed by atoms with Gasteiger partial charge < -0.3 is 25.3 Å². The van der Waals surface area contributed by atoms with Crippen molar-refractivity contribution in [1.82, 2.24) is 44.8 Å². The minimum absolute atomic E-state index is 0.0292. The van der Waals surface area contributed by atoms with Gasteiger partial charge >= 0.3 is 0 Å². The summed E-state index contributed by atoms with van der Waals surface area (Å²) in [6, 6.07) is 5.52. The number of carbonyl (C=O) groups is 6. The van der Waals surface area contributed by atoms with E-state index in [4.69, 9.17) is 0 Å². The molecule has 1 atom stereocenters. The van der Waals surface area contributed by atoms with Gasteiger partial charge in [-0.1, -0.05) is 0 Å². The highest BCUT2D eigenvalue weighted by Crippen LogP contribution is 2.37.